The number of hydrogen-bond acceptors (Lipinski definition) is 2. The van der Waals surface area contributed by atoms with Crippen LogP contribution in [0.4, 0.5) is 0 Å². The molecule has 0 spiro atoms. The van der Waals surface area contributed by atoms with Gasteiger partial charge in [-0.15, -0.1) is 0 Å². The minimum atomic E-state index is -0.954. The zero-order valence-corrected chi connectivity index (χ0v) is 11.1. The number of hydrogen-bond donors (Lipinski definition) is 2. The van der Waals surface area contributed by atoms with Crippen molar-refractivity contribution in [1.29, 1.82) is 0 Å². The van der Waals surface area contributed by atoms with Crippen LogP contribution in [-0.2, 0) is 5.60 Å². The summed E-state index contributed by atoms with van der Waals surface area (Å²) in [5.74, 6) is 0. The van der Waals surface area contributed by atoms with Crippen molar-refractivity contribution in [3.8, 4) is 0 Å². The Morgan fingerprint density at radius 2 is 2.06 bits per heavy atom. The van der Waals surface area contributed by atoms with Gasteiger partial charge in [0.25, 0.3) is 0 Å². The molecule has 90 valence electrons. The second-order valence-corrected chi connectivity index (χ2v) is 4.85. The van der Waals surface area contributed by atoms with E-state index in [1.165, 1.54) is 0 Å². The second kappa shape index (κ2) is 5.87. The maximum Gasteiger partial charge on any atom is 0.0895 e. The van der Waals surface area contributed by atoms with E-state index in [1.54, 1.807) is 25.1 Å². The molecule has 1 aromatic rings. The van der Waals surface area contributed by atoms with Gasteiger partial charge >= 0.3 is 0 Å². The molecule has 0 aliphatic heterocycles. The van der Waals surface area contributed by atoms with Crippen molar-refractivity contribution in [2.75, 3.05) is 13.1 Å². The number of halogens is 2. The summed E-state index contributed by atoms with van der Waals surface area (Å²) in [6.07, 6.45) is 0.598. The molecule has 0 radical (unpaired) electrons. The van der Waals surface area contributed by atoms with Gasteiger partial charge in [-0.3, -0.25) is 0 Å². The normalized spacial score (nSPS) is 14.8. The van der Waals surface area contributed by atoms with Crippen LogP contribution in [0.1, 0.15) is 25.8 Å². The molecular weight excluding hydrogens is 245 g/mol. The zero-order chi connectivity index (χ0) is 12.2. The summed E-state index contributed by atoms with van der Waals surface area (Å²) in [4.78, 5) is 0. The van der Waals surface area contributed by atoms with Crippen LogP contribution in [0.2, 0.25) is 10.0 Å². The third kappa shape index (κ3) is 3.63. The molecule has 2 nitrogen and oxygen atoms in total. The van der Waals surface area contributed by atoms with Crippen molar-refractivity contribution in [3.63, 3.8) is 0 Å². The van der Waals surface area contributed by atoms with Crippen LogP contribution in [-0.4, -0.2) is 18.2 Å². The molecule has 0 aromatic heterocycles. The highest BCUT2D eigenvalue weighted by Gasteiger charge is 2.25. The largest absolute Gasteiger partial charge is 0.385 e. The molecule has 1 atom stereocenters. The number of nitrogens with one attached hydrogen (secondary N) is 1. The lowest BCUT2D eigenvalue weighted by Gasteiger charge is -2.25. The highest BCUT2D eigenvalue weighted by Crippen LogP contribution is 2.32. The van der Waals surface area contributed by atoms with Gasteiger partial charge in [-0.1, -0.05) is 30.1 Å². The summed E-state index contributed by atoms with van der Waals surface area (Å²) in [7, 11) is 0. The first-order chi connectivity index (χ1) is 7.47. The van der Waals surface area contributed by atoms with Crippen LogP contribution in [0.15, 0.2) is 18.2 Å². The fraction of sp³-hybridized carbons (Fsp3) is 0.500. The molecule has 0 amide bonds. The molecule has 0 aliphatic rings. The van der Waals surface area contributed by atoms with Gasteiger partial charge in [0.05, 0.1) is 5.60 Å². The third-order valence-corrected chi connectivity index (χ3v) is 3.11. The molecule has 1 unspecified atom stereocenters. The molecule has 1 aromatic carbocycles. The Hall–Kier alpha value is -0.280. The van der Waals surface area contributed by atoms with Gasteiger partial charge in [-0.2, -0.15) is 0 Å². The molecule has 2 N–H and O–H groups in total. The molecule has 0 saturated carbocycles. The summed E-state index contributed by atoms with van der Waals surface area (Å²) in [5, 5.41) is 14.6. The lowest BCUT2D eigenvalue weighted by molar-refractivity contribution is 0.0483. The smallest absolute Gasteiger partial charge is 0.0895 e. The van der Waals surface area contributed by atoms with Gasteiger partial charge < -0.3 is 10.4 Å². The van der Waals surface area contributed by atoms with E-state index in [4.69, 9.17) is 23.2 Å². The highest BCUT2D eigenvalue weighted by atomic mass is 35.5. The van der Waals surface area contributed by atoms with E-state index in [2.05, 4.69) is 5.32 Å². The van der Waals surface area contributed by atoms with Gasteiger partial charge in [-0.05, 0) is 44.6 Å². The van der Waals surface area contributed by atoms with Crippen LogP contribution in [0.3, 0.4) is 0 Å². The fourth-order valence-corrected chi connectivity index (χ4v) is 2.05. The summed E-state index contributed by atoms with van der Waals surface area (Å²) < 4.78 is 0. The Bertz CT molecular complexity index is 353. The van der Waals surface area contributed by atoms with E-state index < -0.39 is 5.60 Å². The molecule has 0 aliphatic carbocycles. The van der Waals surface area contributed by atoms with Gasteiger partial charge in [0.1, 0.15) is 0 Å². The second-order valence-electron chi connectivity index (χ2n) is 4.00. The van der Waals surface area contributed by atoms with Gasteiger partial charge in [0, 0.05) is 15.6 Å². The van der Waals surface area contributed by atoms with E-state index in [-0.39, 0.29) is 0 Å². The fourth-order valence-electron chi connectivity index (χ4n) is 1.55. The monoisotopic (exact) mass is 261 g/mol. The molecule has 0 bridgehead atoms. The van der Waals surface area contributed by atoms with Crippen LogP contribution >= 0.6 is 23.2 Å². The highest BCUT2D eigenvalue weighted by molar-refractivity contribution is 6.33. The van der Waals surface area contributed by atoms with Gasteiger partial charge in [0.2, 0.25) is 0 Å². The lowest BCUT2D eigenvalue weighted by Crippen LogP contribution is -2.28. The maximum atomic E-state index is 10.3. The van der Waals surface area contributed by atoms with E-state index in [1.807, 2.05) is 6.92 Å². The molecule has 0 heterocycles. The van der Waals surface area contributed by atoms with E-state index in [0.29, 0.717) is 22.0 Å². The third-order valence-electron chi connectivity index (χ3n) is 2.55. The van der Waals surface area contributed by atoms with Gasteiger partial charge in [-0.25, -0.2) is 0 Å². The first-order valence-electron chi connectivity index (χ1n) is 5.36. The summed E-state index contributed by atoms with van der Waals surface area (Å²) in [5.41, 5.74) is -0.274. The van der Waals surface area contributed by atoms with Crippen molar-refractivity contribution in [1.82, 2.24) is 5.32 Å². The van der Waals surface area contributed by atoms with Crippen LogP contribution < -0.4 is 5.32 Å². The standard InChI is InChI=1S/C12H17Cl2NO/c1-3-15-7-6-12(2,16)10-8-9(13)4-5-11(10)14/h4-5,8,15-16H,3,6-7H2,1-2H3. The Morgan fingerprint density at radius 1 is 1.38 bits per heavy atom. The Kier molecular flexibility index (Phi) is 5.06. The number of benzene rings is 1. The molecule has 0 saturated heterocycles. The Balaban J connectivity index is 2.83. The van der Waals surface area contributed by atoms with E-state index in [0.717, 1.165) is 13.1 Å². The summed E-state index contributed by atoms with van der Waals surface area (Å²) in [6.45, 7) is 5.41. The molecule has 4 heteroatoms. The minimum Gasteiger partial charge on any atom is -0.385 e. The van der Waals surface area contributed by atoms with Gasteiger partial charge in [0.15, 0.2) is 0 Å². The summed E-state index contributed by atoms with van der Waals surface area (Å²) >= 11 is 12.0. The Labute approximate surface area is 107 Å². The lowest BCUT2D eigenvalue weighted by atomic mass is 9.92. The van der Waals surface area contributed by atoms with Crippen LogP contribution in [0, 0.1) is 0 Å². The first-order valence-corrected chi connectivity index (χ1v) is 6.11. The first kappa shape index (κ1) is 13.8. The van der Waals surface area contributed by atoms with Crippen molar-refractivity contribution in [2.45, 2.75) is 25.9 Å². The van der Waals surface area contributed by atoms with Crippen molar-refractivity contribution in [3.05, 3.63) is 33.8 Å². The van der Waals surface area contributed by atoms with Crippen LogP contribution in [0.25, 0.3) is 0 Å². The van der Waals surface area contributed by atoms with Crippen molar-refractivity contribution in [2.24, 2.45) is 0 Å². The van der Waals surface area contributed by atoms with Crippen LogP contribution in [0.5, 0.6) is 0 Å². The summed E-state index contributed by atoms with van der Waals surface area (Å²) in [6, 6.07) is 5.14. The van der Waals surface area contributed by atoms with E-state index >= 15 is 0 Å². The number of rotatable bonds is 5. The predicted molar refractivity (Wildman–Crippen MR) is 69.2 cm³/mol. The molecule has 16 heavy (non-hydrogen) atoms. The van der Waals surface area contributed by atoms with Crippen molar-refractivity contribution >= 4 is 23.2 Å². The minimum absolute atomic E-state index is 0.547. The number of aliphatic hydroxyl groups is 1. The Morgan fingerprint density at radius 3 is 2.69 bits per heavy atom. The SMILES string of the molecule is CCNCCC(C)(O)c1cc(Cl)ccc1Cl. The average molecular weight is 262 g/mol. The molecule has 0 fully saturated rings. The molecular formula is C12H17Cl2NO. The van der Waals surface area contributed by atoms with E-state index in [9.17, 15) is 5.11 Å². The molecule has 1 rings (SSSR count). The quantitative estimate of drug-likeness (QED) is 0.799. The topological polar surface area (TPSA) is 32.3 Å². The average Bonchev–Trinajstić information content (AvgIpc) is 2.22. The maximum absolute atomic E-state index is 10.3. The predicted octanol–water partition coefficient (Wildman–Crippen LogP) is 3.20. The zero-order valence-electron chi connectivity index (χ0n) is 9.56. The van der Waals surface area contributed by atoms with Crippen molar-refractivity contribution < 1.29 is 5.11 Å².